The molecule has 0 aliphatic carbocycles. The van der Waals surface area contributed by atoms with Crippen molar-refractivity contribution < 1.29 is 19.1 Å². The quantitative estimate of drug-likeness (QED) is 0.513. The van der Waals surface area contributed by atoms with Crippen molar-refractivity contribution in [2.75, 3.05) is 13.6 Å². The number of para-hydroxylation sites is 1. The van der Waals surface area contributed by atoms with Gasteiger partial charge in [0.25, 0.3) is 0 Å². The van der Waals surface area contributed by atoms with Crippen LogP contribution in [0.4, 0.5) is 4.79 Å². The van der Waals surface area contributed by atoms with Gasteiger partial charge in [-0.25, -0.2) is 4.79 Å². The van der Waals surface area contributed by atoms with Gasteiger partial charge in [-0.1, -0.05) is 48.5 Å². The summed E-state index contributed by atoms with van der Waals surface area (Å²) in [5, 5.41) is 0. The molecule has 28 heavy (non-hydrogen) atoms. The molecule has 0 heterocycles. The lowest BCUT2D eigenvalue weighted by Crippen LogP contribution is -2.36. The first-order chi connectivity index (χ1) is 13.2. The van der Waals surface area contributed by atoms with E-state index in [9.17, 15) is 9.59 Å². The third-order valence-corrected chi connectivity index (χ3v) is 4.14. The molecule has 1 unspecified atom stereocenters. The number of nitrogens with zero attached hydrogens (tertiary/aromatic N) is 1. The van der Waals surface area contributed by atoms with Gasteiger partial charge in [-0.05, 0) is 51.3 Å². The van der Waals surface area contributed by atoms with Gasteiger partial charge in [0.2, 0.25) is 0 Å². The van der Waals surface area contributed by atoms with Gasteiger partial charge in [0, 0.05) is 13.6 Å². The van der Waals surface area contributed by atoms with Gasteiger partial charge in [0.1, 0.15) is 11.4 Å². The van der Waals surface area contributed by atoms with Crippen molar-refractivity contribution in [2.24, 2.45) is 5.92 Å². The van der Waals surface area contributed by atoms with Crippen molar-refractivity contribution in [3.63, 3.8) is 0 Å². The number of rotatable bonds is 7. The van der Waals surface area contributed by atoms with Crippen molar-refractivity contribution >= 4 is 12.1 Å². The summed E-state index contributed by atoms with van der Waals surface area (Å²) in [5.41, 5.74) is 0.499. The Morgan fingerprint density at radius 2 is 1.54 bits per heavy atom. The molecule has 0 fully saturated rings. The second-order valence-corrected chi connectivity index (χ2v) is 7.81. The van der Waals surface area contributed by atoms with Crippen LogP contribution in [0.5, 0.6) is 5.75 Å². The summed E-state index contributed by atoms with van der Waals surface area (Å²) in [7, 11) is 1.68. The van der Waals surface area contributed by atoms with Crippen LogP contribution in [0.2, 0.25) is 0 Å². The molecule has 5 nitrogen and oxygen atoms in total. The van der Waals surface area contributed by atoms with Crippen LogP contribution in [0.3, 0.4) is 0 Å². The van der Waals surface area contributed by atoms with E-state index in [1.807, 2.05) is 69.3 Å². The Kier molecular flexibility index (Phi) is 7.61. The zero-order valence-corrected chi connectivity index (χ0v) is 17.1. The molecule has 2 rings (SSSR count). The molecule has 2 aromatic rings. The van der Waals surface area contributed by atoms with E-state index in [0.717, 1.165) is 5.56 Å². The van der Waals surface area contributed by atoms with Crippen LogP contribution < -0.4 is 4.74 Å². The van der Waals surface area contributed by atoms with E-state index in [4.69, 9.17) is 9.47 Å². The van der Waals surface area contributed by atoms with Crippen LogP contribution in [0, 0.1) is 5.92 Å². The van der Waals surface area contributed by atoms with Gasteiger partial charge in [-0.15, -0.1) is 0 Å². The zero-order valence-electron chi connectivity index (χ0n) is 17.1. The fourth-order valence-corrected chi connectivity index (χ4v) is 2.67. The fourth-order valence-electron chi connectivity index (χ4n) is 2.67. The first-order valence-electron chi connectivity index (χ1n) is 9.49. The van der Waals surface area contributed by atoms with Crippen molar-refractivity contribution in [1.82, 2.24) is 4.90 Å². The summed E-state index contributed by atoms with van der Waals surface area (Å²) in [6.07, 6.45) is 0.632. The summed E-state index contributed by atoms with van der Waals surface area (Å²) in [5.74, 6) is -0.147. The van der Waals surface area contributed by atoms with Gasteiger partial charge in [0.15, 0.2) is 0 Å². The first-order valence-corrected chi connectivity index (χ1v) is 9.49. The second kappa shape index (κ2) is 9.93. The molecule has 150 valence electrons. The highest BCUT2D eigenvalue weighted by Crippen LogP contribution is 2.18. The summed E-state index contributed by atoms with van der Waals surface area (Å²) in [6.45, 7) is 5.88. The molecule has 5 heteroatoms. The summed E-state index contributed by atoms with van der Waals surface area (Å²) in [6, 6.07) is 18.8. The minimum absolute atomic E-state index is 0.298. The molecule has 0 saturated heterocycles. The average Bonchev–Trinajstić information content (AvgIpc) is 2.65. The predicted molar refractivity (Wildman–Crippen MR) is 109 cm³/mol. The molecule has 0 aromatic heterocycles. The minimum Gasteiger partial charge on any atom is -0.444 e. The maximum Gasteiger partial charge on any atom is 0.410 e. The van der Waals surface area contributed by atoms with Crippen molar-refractivity contribution in [3.8, 4) is 5.75 Å². The Balaban J connectivity index is 2.03. The monoisotopic (exact) mass is 383 g/mol. The molecule has 2 aromatic carbocycles. The number of carbonyl (C=O) groups is 2. The summed E-state index contributed by atoms with van der Waals surface area (Å²) in [4.78, 5) is 26.4. The smallest absolute Gasteiger partial charge is 0.410 e. The van der Waals surface area contributed by atoms with Crippen molar-refractivity contribution in [2.45, 2.75) is 39.2 Å². The number of hydrogen-bond acceptors (Lipinski definition) is 4. The number of esters is 1. The highest BCUT2D eigenvalue weighted by Gasteiger charge is 2.24. The largest absolute Gasteiger partial charge is 0.444 e. The van der Waals surface area contributed by atoms with E-state index >= 15 is 0 Å². The lowest BCUT2D eigenvalue weighted by Gasteiger charge is -2.25. The Bertz CT molecular complexity index is 753. The van der Waals surface area contributed by atoms with Gasteiger partial charge >= 0.3 is 12.1 Å². The van der Waals surface area contributed by atoms with E-state index in [2.05, 4.69) is 0 Å². The summed E-state index contributed by atoms with van der Waals surface area (Å²) < 4.78 is 10.9. The Morgan fingerprint density at radius 3 is 2.11 bits per heavy atom. The minimum atomic E-state index is -0.555. The van der Waals surface area contributed by atoms with Crippen molar-refractivity contribution in [3.05, 3.63) is 66.2 Å². The first kappa shape index (κ1) is 21.5. The molecule has 0 saturated carbocycles. The predicted octanol–water partition coefficient (Wildman–Crippen LogP) is 4.71. The average molecular weight is 383 g/mol. The third-order valence-electron chi connectivity index (χ3n) is 4.14. The third kappa shape index (κ3) is 7.43. The van der Waals surface area contributed by atoms with E-state index in [1.165, 1.54) is 4.90 Å². The lowest BCUT2D eigenvalue weighted by molar-refractivity contribution is -0.139. The fraction of sp³-hybridized carbons (Fsp3) is 0.391. The molecule has 1 atom stereocenters. The maximum absolute atomic E-state index is 12.8. The Labute approximate surface area is 167 Å². The van der Waals surface area contributed by atoms with Gasteiger partial charge in [0.05, 0.1) is 5.92 Å². The Morgan fingerprint density at radius 1 is 0.964 bits per heavy atom. The van der Waals surface area contributed by atoms with Crippen molar-refractivity contribution in [1.29, 1.82) is 0 Å². The van der Waals surface area contributed by atoms with Crippen LogP contribution in [-0.4, -0.2) is 36.2 Å². The van der Waals surface area contributed by atoms with Crippen LogP contribution in [0.25, 0.3) is 0 Å². The van der Waals surface area contributed by atoms with E-state index in [-0.39, 0.29) is 11.9 Å². The number of ether oxygens (including phenoxy) is 2. The molecule has 0 bridgehead atoms. The van der Waals surface area contributed by atoms with Crippen LogP contribution in [-0.2, 0) is 16.0 Å². The van der Waals surface area contributed by atoms with Gasteiger partial charge in [-0.3, -0.25) is 4.79 Å². The number of carbonyl (C=O) groups excluding carboxylic acids is 2. The topological polar surface area (TPSA) is 55.8 Å². The van der Waals surface area contributed by atoms with E-state index in [0.29, 0.717) is 25.1 Å². The highest BCUT2D eigenvalue weighted by molar-refractivity contribution is 5.75. The Hall–Kier alpha value is -2.82. The maximum atomic E-state index is 12.8. The molecule has 0 aliphatic heterocycles. The van der Waals surface area contributed by atoms with Crippen LogP contribution >= 0.6 is 0 Å². The zero-order chi connectivity index (χ0) is 20.6. The van der Waals surface area contributed by atoms with Gasteiger partial charge in [-0.2, -0.15) is 0 Å². The SMILES string of the molecule is CN(CCC(Cc1ccccc1)C(=O)Oc1ccccc1)C(=O)OC(C)(C)C. The van der Waals surface area contributed by atoms with Gasteiger partial charge < -0.3 is 14.4 Å². The molecule has 0 aliphatic rings. The second-order valence-electron chi connectivity index (χ2n) is 7.81. The highest BCUT2D eigenvalue weighted by atomic mass is 16.6. The van der Waals surface area contributed by atoms with E-state index in [1.54, 1.807) is 19.2 Å². The molecule has 0 spiro atoms. The molecule has 0 radical (unpaired) electrons. The molecular weight excluding hydrogens is 354 g/mol. The van der Waals surface area contributed by atoms with Crippen LogP contribution in [0.1, 0.15) is 32.8 Å². The standard InChI is InChI=1S/C23H29NO4/c1-23(2,3)28-22(26)24(4)16-15-19(17-18-11-7-5-8-12-18)21(25)27-20-13-9-6-10-14-20/h5-14,19H,15-17H2,1-4H3. The number of hydrogen-bond donors (Lipinski definition) is 0. The normalized spacial score (nSPS) is 12.1. The molecule has 1 amide bonds. The number of amides is 1. The lowest BCUT2D eigenvalue weighted by atomic mass is 9.96. The summed E-state index contributed by atoms with van der Waals surface area (Å²) >= 11 is 0. The van der Waals surface area contributed by atoms with Crippen LogP contribution in [0.15, 0.2) is 60.7 Å². The van der Waals surface area contributed by atoms with E-state index < -0.39 is 11.7 Å². The number of benzene rings is 2. The molecular formula is C23H29NO4. The molecule has 0 N–H and O–H groups in total.